The van der Waals surface area contributed by atoms with Crippen LogP contribution in [0.2, 0.25) is 5.02 Å². The van der Waals surface area contributed by atoms with Crippen LogP contribution in [-0.4, -0.2) is 19.7 Å². The lowest BCUT2D eigenvalue weighted by molar-refractivity contribution is 0.0993. The summed E-state index contributed by atoms with van der Waals surface area (Å²) in [7, 11) is 0. The van der Waals surface area contributed by atoms with Crippen molar-refractivity contribution in [3.8, 4) is 0 Å². The summed E-state index contributed by atoms with van der Waals surface area (Å²) in [6.07, 6.45) is 1.16. The van der Waals surface area contributed by atoms with Crippen LogP contribution in [0.1, 0.15) is 12.0 Å². The molecule has 0 aromatic heterocycles. The van der Waals surface area contributed by atoms with Gasteiger partial charge in [-0.1, -0.05) is 23.7 Å². The Labute approximate surface area is 95.6 Å². The number of halogens is 1. The summed E-state index contributed by atoms with van der Waals surface area (Å²) in [4.78, 5) is 0. The zero-order valence-corrected chi connectivity index (χ0v) is 9.46. The Morgan fingerprint density at radius 3 is 2.93 bits per heavy atom. The Morgan fingerprint density at radius 2 is 2.27 bits per heavy atom. The first-order valence-electron chi connectivity index (χ1n) is 5.37. The van der Waals surface area contributed by atoms with Gasteiger partial charge in [-0.2, -0.15) is 0 Å². The fraction of sp³-hybridized carbons (Fsp3) is 0.500. The van der Waals surface area contributed by atoms with Gasteiger partial charge < -0.3 is 10.1 Å². The first kappa shape index (κ1) is 10.9. The minimum absolute atomic E-state index is 0.667. The molecule has 0 atom stereocenters. The van der Waals surface area contributed by atoms with Crippen molar-refractivity contribution in [1.82, 2.24) is 5.32 Å². The van der Waals surface area contributed by atoms with Crippen LogP contribution in [0.25, 0.3) is 0 Å². The van der Waals surface area contributed by atoms with Crippen molar-refractivity contribution in [2.24, 2.45) is 5.92 Å². The highest BCUT2D eigenvalue weighted by atomic mass is 35.5. The van der Waals surface area contributed by atoms with Crippen LogP contribution >= 0.6 is 11.6 Å². The molecule has 15 heavy (non-hydrogen) atoms. The van der Waals surface area contributed by atoms with E-state index >= 15 is 0 Å². The number of ether oxygens (including phenoxy) is 1. The molecule has 1 aliphatic rings. The van der Waals surface area contributed by atoms with E-state index in [-0.39, 0.29) is 0 Å². The Morgan fingerprint density at radius 1 is 1.40 bits per heavy atom. The molecule has 0 aliphatic carbocycles. The second-order valence-corrected chi connectivity index (χ2v) is 4.43. The van der Waals surface area contributed by atoms with Gasteiger partial charge in [0, 0.05) is 11.6 Å². The Hall–Kier alpha value is -0.570. The average molecular weight is 226 g/mol. The minimum atomic E-state index is 0.667. The van der Waals surface area contributed by atoms with Crippen molar-refractivity contribution in [1.29, 1.82) is 0 Å². The topological polar surface area (TPSA) is 21.3 Å². The van der Waals surface area contributed by atoms with Crippen molar-refractivity contribution in [3.63, 3.8) is 0 Å². The highest BCUT2D eigenvalue weighted by Gasteiger charge is 2.15. The quantitative estimate of drug-likeness (QED) is 0.778. The van der Waals surface area contributed by atoms with Crippen molar-refractivity contribution in [2.75, 3.05) is 19.7 Å². The molecule has 0 saturated carbocycles. The Bertz CT molecular complexity index is 312. The van der Waals surface area contributed by atoms with Gasteiger partial charge in [0.2, 0.25) is 0 Å². The second-order valence-electron chi connectivity index (χ2n) is 4.00. The zero-order valence-electron chi connectivity index (χ0n) is 8.71. The Balaban J connectivity index is 1.64. The van der Waals surface area contributed by atoms with Crippen molar-refractivity contribution in [3.05, 3.63) is 34.9 Å². The monoisotopic (exact) mass is 225 g/mol. The summed E-state index contributed by atoms with van der Waals surface area (Å²) in [5.41, 5.74) is 1.15. The van der Waals surface area contributed by atoms with Crippen LogP contribution in [0.3, 0.4) is 0 Å². The molecule has 0 bridgehead atoms. The number of rotatable bonds is 5. The molecule has 1 saturated heterocycles. The van der Waals surface area contributed by atoms with Crippen LogP contribution in [0.5, 0.6) is 0 Å². The molecule has 0 radical (unpaired) electrons. The van der Waals surface area contributed by atoms with Crippen LogP contribution < -0.4 is 5.32 Å². The van der Waals surface area contributed by atoms with Gasteiger partial charge >= 0.3 is 0 Å². The molecule has 1 aliphatic heterocycles. The van der Waals surface area contributed by atoms with Crippen LogP contribution in [-0.2, 0) is 11.3 Å². The summed E-state index contributed by atoms with van der Waals surface area (Å²) >= 11 is 5.88. The highest BCUT2D eigenvalue weighted by Crippen LogP contribution is 2.12. The van der Waals surface area contributed by atoms with E-state index in [1.807, 2.05) is 24.3 Å². The van der Waals surface area contributed by atoms with E-state index in [9.17, 15) is 0 Å². The van der Waals surface area contributed by atoms with Gasteiger partial charge in [0.05, 0.1) is 6.61 Å². The normalized spacial score (nSPS) is 16.3. The number of benzene rings is 1. The molecule has 0 amide bonds. The van der Waals surface area contributed by atoms with Crippen LogP contribution in [0, 0.1) is 5.92 Å². The molecule has 1 heterocycles. The van der Waals surface area contributed by atoms with Crippen LogP contribution in [0.4, 0.5) is 0 Å². The molecule has 1 aromatic rings. The van der Waals surface area contributed by atoms with E-state index in [0.717, 1.165) is 42.6 Å². The van der Waals surface area contributed by atoms with E-state index in [4.69, 9.17) is 16.3 Å². The van der Waals surface area contributed by atoms with E-state index in [0.29, 0.717) is 6.61 Å². The Kier molecular flexibility index (Phi) is 4.01. The van der Waals surface area contributed by atoms with Crippen molar-refractivity contribution >= 4 is 11.6 Å². The van der Waals surface area contributed by atoms with E-state index in [1.54, 1.807) is 0 Å². The molecule has 1 N–H and O–H groups in total. The molecule has 1 aromatic carbocycles. The third kappa shape index (κ3) is 3.49. The number of hydrogen-bond donors (Lipinski definition) is 1. The second kappa shape index (κ2) is 5.50. The molecular formula is C12H16ClNO. The summed E-state index contributed by atoms with van der Waals surface area (Å²) in [5.74, 6) is 0.823. The maximum absolute atomic E-state index is 5.88. The minimum Gasteiger partial charge on any atom is -0.377 e. The molecule has 82 valence electrons. The summed E-state index contributed by atoms with van der Waals surface area (Å²) in [6.45, 7) is 3.82. The van der Waals surface area contributed by atoms with Crippen molar-refractivity contribution in [2.45, 2.75) is 13.0 Å². The lowest BCUT2D eigenvalue weighted by Gasteiger charge is -2.26. The van der Waals surface area contributed by atoms with E-state index in [2.05, 4.69) is 5.32 Å². The van der Waals surface area contributed by atoms with Gasteiger partial charge in [0.25, 0.3) is 0 Å². The molecule has 2 nitrogen and oxygen atoms in total. The lowest BCUT2D eigenvalue weighted by atomic mass is 10.0. The third-order valence-corrected chi connectivity index (χ3v) is 2.93. The largest absolute Gasteiger partial charge is 0.377 e. The lowest BCUT2D eigenvalue weighted by Crippen LogP contribution is -2.42. The highest BCUT2D eigenvalue weighted by molar-refractivity contribution is 6.30. The molecule has 0 unspecified atom stereocenters. The predicted octanol–water partition coefficient (Wildman–Crippen LogP) is 2.47. The number of hydrogen-bond acceptors (Lipinski definition) is 2. The molecule has 3 heteroatoms. The van der Waals surface area contributed by atoms with E-state index in [1.165, 1.54) is 0 Å². The fourth-order valence-electron chi connectivity index (χ4n) is 1.62. The summed E-state index contributed by atoms with van der Waals surface area (Å²) < 4.78 is 5.59. The molecule has 1 fully saturated rings. The maximum Gasteiger partial charge on any atom is 0.0717 e. The maximum atomic E-state index is 5.88. The van der Waals surface area contributed by atoms with E-state index < -0.39 is 0 Å². The first-order chi connectivity index (χ1) is 7.34. The molecule has 2 rings (SSSR count). The average Bonchev–Trinajstić information content (AvgIpc) is 2.15. The van der Waals surface area contributed by atoms with Gasteiger partial charge in [-0.3, -0.25) is 0 Å². The summed E-state index contributed by atoms with van der Waals surface area (Å²) in [5, 5.41) is 4.03. The van der Waals surface area contributed by atoms with Gasteiger partial charge in [-0.05, 0) is 43.1 Å². The zero-order chi connectivity index (χ0) is 10.5. The van der Waals surface area contributed by atoms with Crippen LogP contribution in [0.15, 0.2) is 24.3 Å². The number of nitrogens with one attached hydrogen (secondary N) is 1. The van der Waals surface area contributed by atoms with Crippen molar-refractivity contribution < 1.29 is 4.74 Å². The standard InChI is InChI=1S/C12H16ClNO/c13-12-3-1-2-10(6-12)9-15-5-4-11-7-14-8-11/h1-3,6,11,14H,4-5,7-9H2. The van der Waals surface area contributed by atoms with Gasteiger partial charge in [0.15, 0.2) is 0 Å². The molecular weight excluding hydrogens is 210 g/mol. The van der Waals surface area contributed by atoms with Gasteiger partial charge in [-0.15, -0.1) is 0 Å². The fourth-order valence-corrected chi connectivity index (χ4v) is 1.83. The third-order valence-electron chi connectivity index (χ3n) is 2.69. The first-order valence-corrected chi connectivity index (χ1v) is 5.75. The predicted molar refractivity (Wildman–Crippen MR) is 62.1 cm³/mol. The SMILES string of the molecule is Clc1cccc(COCCC2CNC2)c1. The summed E-state index contributed by atoms with van der Waals surface area (Å²) in [6, 6.07) is 7.82. The smallest absolute Gasteiger partial charge is 0.0717 e. The van der Waals surface area contributed by atoms with Gasteiger partial charge in [-0.25, -0.2) is 0 Å². The van der Waals surface area contributed by atoms with Gasteiger partial charge in [0.1, 0.15) is 0 Å². The molecule has 0 spiro atoms.